The number of nitrogens with two attached hydrogens (primary N) is 1. The van der Waals surface area contributed by atoms with Crippen molar-refractivity contribution in [3.05, 3.63) is 0 Å². The van der Waals surface area contributed by atoms with Crippen molar-refractivity contribution >= 4 is 5.91 Å². The second kappa shape index (κ2) is 4.52. The molecule has 86 valence electrons. The van der Waals surface area contributed by atoms with Gasteiger partial charge in [-0.1, -0.05) is 0 Å². The van der Waals surface area contributed by atoms with Gasteiger partial charge < -0.3 is 10.6 Å². The number of carbonyl (C=O) groups excluding carboxylic acids is 1. The van der Waals surface area contributed by atoms with Gasteiger partial charge in [0.15, 0.2) is 0 Å². The largest absolute Gasteiger partial charge is 0.343 e. The summed E-state index contributed by atoms with van der Waals surface area (Å²) in [6, 6.07) is 0.560. The van der Waals surface area contributed by atoms with Crippen molar-refractivity contribution in [1.82, 2.24) is 4.90 Å². The van der Waals surface area contributed by atoms with Crippen molar-refractivity contribution in [3.8, 4) is 0 Å². The highest BCUT2D eigenvalue weighted by molar-refractivity contribution is 5.79. The summed E-state index contributed by atoms with van der Waals surface area (Å²) in [6.45, 7) is 0.791. The van der Waals surface area contributed by atoms with Crippen LogP contribution in [0.1, 0.15) is 38.5 Å². The minimum atomic E-state index is 0.290. The van der Waals surface area contributed by atoms with Crippen molar-refractivity contribution in [3.63, 3.8) is 0 Å². The van der Waals surface area contributed by atoms with E-state index in [1.165, 1.54) is 12.8 Å². The van der Waals surface area contributed by atoms with E-state index in [0.29, 0.717) is 23.8 Å². The van der Waals surface area contributed by atoms with Crippen molar-refractivity contribution < 1.29 is 4.79 Å². The highest BCUT2D eigenvalue weighted by atomic mass is 16.2. The van der Waals surface area contributed by atoms with Gasteiger partial charge in [0.05, 0.1) is 0 Å². The average molecular weight is 210 g/mol. The van der Waals surface area contributed by atoms with Crippen LogP contribution in [0.15, 0.2) is 0 Å². The number of nitrogens with zero attached hydrogens (tertiary/aromatic N) is 1. The quantitative estimate of drug-likeness (QED) is 0.764. The van der Waals surface area contributed by atoms with Gasteiger partial charge in [-0.25, -0.2) is 0 Å². The van der Waals surface area contributed by atoms with Gasteiger partial charge in [0.2, 0.25) is 5.91 Å². The smallest absolute Gasteiger partial charge is 0.225 e. The standard InChI is InChI=1S/C12H22N2O/c1-14(11-6-7-11)12(15)10-4-2-9(8-13)3-5-10/h9-11H,2-8,13H2,1H3. The lowest BCUT2D eigenvalue weighted by Crippen LogP contribution is -2.37. The van der Waals surface area contributed by atoms with Gasteiger partial charge in [0.25, 0.3) is 0 Å². The van der Waals surface area contributed by atoms with E-state index in [1.807, 2.05) is 11.9 Å². The second-order valence-corrected chi connectivity index (χ2v) is 5.13. The molecule has 0 atom stereocenters. The summed E-state index contributed by atoms with van der Waals surface area (Å²) in [5.41, 5.74) is 5.65. The molecule has 2 fully saturated rings. The zero-order valence-electron chi connectivity index (χ0n) is 9.61. The molecule has 0 unspecified atom stereocenters. The van der Waals surface area contributed by atoms with Gasteiger partial charge in [-0.2, -0.15) is 0 Å². The summed E-state index contributed by atoms with van der Waals surface area (Å²) < 4.78 is 0. The number of amides is 1. The molecule has 2 aliphatic rings. The van der Waals surface area contributed by atoms with Crippen LogP contribution in [0.25, 0.3) is 0 Å². The Hall–Kier alpha value is -0.570. The molecule has 2 rings (SSSR count). The zero-order chi connectivity index (χ0) is 10.8. The summed E-state index contributed by atoms with van der Waals surface area (Å²) in [4.78, 5) is 14.0. The van der Waals surface area contributed by atoms with Crippen LogP contribution in [0, 0.1) is 11.8 Å². The molecule has 0 aromatic heterocycles. The van der Waals surface area contributed by atoms with Crippen LogP contribution >= 0.6 is 0 Å². The van der Waals surface area contributed by atoms with Crippen LogP contribution in [0.4, 0.5) is 0 Å². The Morgan fingerprint density at radius 2 is 1.80 bits per heavy atom. The Morgan fingerprint density at radius 3 is 2.27 bits per heavy atom. The van der Waals surface area contributed by atoms with E-state index in [-0.39, 0.29) is 0 Å². The molecule has 2 N–H and O–H groups in total. The normalized spacial score (nSPS) is 31.3. The van der Waals surface area contributed by atoms with Crippen LogP contribution in [0.3, 0.4) is 0 Å². The molecule has 1 amide bonds. The Labute approximate surface area is 92.0 Å². The molecule has 0 saturated heterocycles. The summed E-state index contributed by atoms with van der Waals surface area (Å²) in [5, 5.41) is 0. The first-order valence-electron chi connectivity index (χ1n) is 6.19. The molecular weight excluding hydrogens is 188 g/mol. The fraction of sp³-hybridized carbons (Fsp3) is 0.917. The molecule has 2 aliphatic carbocycles. The summed E-state index contributed by atoms with van der Waals surface area (Å²) in [6.07, 6.45) is 6.81. The average Bonchev–Trinajstić information content (AvgIpc) is 3.11. The molecule has 15 heavy (non-hydrogen) atoms. The molecule has 0 aromatic rings. The second-order valence-electron chi connectivity index (χ2n) is 5.13. The molecule has 0 bridgehead atoms. The molecule has 0 heterocycles. The molecule has 0 spiro atoms. The first-order valence-corrected chi connectivity index (χ1v) is 6.19. The number of hydrogen-bond acceptors (Lipinski definition) is 2. The SMILES string of the molecule is CN(C(=O)C1CCC(CN)CC1)C1CC1. The highest BCUT2D eigenvalue weighted by Crippen LogP contribution is 2.32. The lowest BCUT2D eigenvalue weighted by atomic mass is 9.81. The first-order chi connectivity index (χ1) is 7.22. The zero-order valence-corrected chi connectivity index (χ0v) is 9.61. The molecular formula is C12H22N2O. The minimum Gasteiger partial charge on any atom is -0.343 e. The maximum atomic E-state index is 12.1. The Bertz CT molecular complexity index is 230. The number of carbonyl (C=O) groups is 1. The minimum absolute atomic E-state index is 0.290. The van der Waals surface area contributed by atoms with Crippen molar-refractivity contribution in [2.24, 2.45) is 17.6 Å². The monoisotopic (exact) mass is 210 g/mol. The third kappa shape index (κ3) is 2.51. The molecule has 0 aromatic carbocycles. The third-order valence-corrected chi connectivity index (χ3v) is 3.97. The lowest BCUT2D eigenvalue weighted by Gasteiger charge is -2.30. The maximum absolute atomic E-state index is 12.1. The Kier molecular flexibility index (Phi) is 3.29. The van der Waals surface area contributed by atoms with Crippen molar-refractivity contribution in [2.45, 2.75) is 44.6 Å². The molecule has 3 heteroatoms. The molecule has 2 saturated carbocycles. The van der Waals surface area contributed by atoms with E-state index in [4.69, 9.17) is 5.73 Å². The van der Waals surface area contributed by atoms with E-state index in [0.717, 1.165) is 32.2 Å². The van der Waals surface area contributed by atoms with E-state index in [9.17, 15) is 4.79 Å². The number of rotatable bonds is 3. The van der Waals surface area contributed by atoms with Gasteiger partial charge in [0, 0.05) is 19.0 Å². The predicted octanol–water partition coefficient (Wildman–Crippen LogP) is 1.37. The van der Waals surface area contributed by atoms with Crippen LogP contribution in [-0.2, 0) is 4.79 Å². The topological polar surface area (TPSA) is 46.3 Å². The maximum Gasteiger partial charge on any atom is 0.225 e. The Balaban J connectivity index is 1.81. The molecule has 3 nitrogen and oxygen atoms in total. The predicted molar refractivity (Wildman–Crippen MR) is 60.3 cm³/mol. The first kappa shape index (κ1) is 10.9. The van der Waals surface area contributed by atoms with Gasteiger partial charge in [-0.05, 0) is 51.0 Å². The summed E-state index contributed by atoms with van der Waals surface area (Å²) in [7, 11) is 1.97. The summed E-state index contributed by atoms with van der Waals surface area (Å²) >= 11 is 0. The van der Waals surface area contributed by atoms with Crippen LogP contribution in [0.2, 0.25) is 0 Å². The van der Waals surface area contributed by atoms with E-state index in [2.05, 4.69) is 0 Å². The number of hydrogen-bond donors (Lipinski definition) is 1. The molecule has 0 radical (unpaired) electrons. The molecule has 0 aliphatic heterocycles. The van der Waals surface area contributed by atoms with Crippen molar-refractivity contribution in [2.75, 3.05) is 13.6 Å². The fourth-order valence-corrected chi connectivity index (χ4v) is 2.57. The van der Waals surface area contributed by atoms with Crippen LogP contribution in [-0.4, -0.2) is 30.4 Å². The van der Waals surface area contributed by atoms with E-state index in [1.54, 1.807) is 0 Å². The fourth-order valence-electron chi connectivity index (χ4n) is 2.57. The van der Waals surface area contributed by atoms with Gasteiger partial charge in [0.1, 0.15) is 0 Å². The van der Waals surface area contributed by atoms with E-state index < -0.39 is 0 Å². The van der Waals surface area contributed by atoms with E-state index >= 15 is 0 Å². The van der Waals surface area contributed by atoms with Crippen molar-refractivity contribution in [1.29, 1.82) is 0 Å². The van der Waals surface area contributed by atoms with Crippen LogP contribution < -0.4 is 5.73 Å². The van der Waals surface area contributed by atoms with Gasteiger partial charge in [-0.15, -0.1) is 0 Å². The third-order valence-electron chi connectivity index (χ3n) is 3.97. The summed E-state index contributed by atoms with van der Waals surface area (Å²) in [5.74, 6) is 1.34. The Morgan fingerprint density at radius 1 is 1.20 bits per heavy atom. The highest BCUT2D eigenvalue weighted by Gasteiger charge is 2.34. The van der Waals surface area contributed by atoms with Crippen LogP contribution in [0.5, 0.6) is 0 Å². The lowest BCUT2D eigenvalue weighted by molar-refractivity contribution is -0.136. The van der Waals surface area contributed by atoms with Gasteiger partial charge >= 0.3 is 0 Å². The van der Waals surface area contributed by atoms with Gasteiger partial charge in [-0.3, -0.25) is 4.79 Å².